The van der Waals surface area contributed by atoms with E-state index in [1.165, 1.54) is 19.2 Å². The number of ether oxygens (including phenoxy) is 2. The SMILES string of the molecule is CCOC(=O)c1c(-c2cccnc2OC)c2cc(O[Si](C)(C)C(C)(C)C)ccc2n1Cc1ccc(F)cc1F. The van der Waals surface area contributed by atoms with Crippen LogP contribution in [0.2, 0.25) is 18.1 Å². The van der Waals surface area contributed by atoms with Crippen molar-refractivity contribution >= 4 is 25.2 Å². The summed E-state index contributed by atoms with van der Waals surface area (Å²) >= 11 is 0. The standard InChI is InChI=1S/C30H34F2N2O4Si/c1-8-37-29(35)27-26(22-10-9-15-33-28(22)36-5)23-17-21(38-39(6,7)30(2,3)4)13-14-25(23)34(27)18-19-11-12-20(31)16-24(19)32/h9-17H,8,18H2,1-7H3. The minimum atomic E-state index is -2.18. The first kappa shape index (κ1) is 28.3. The van der Waals surface area contributed by atoms with Crippen LogP contribution in [-0.4, -0.2) is 37.6 Å². The van der Waals surface area contributed by atoms with Crippen molar-refractivity contribution in [3.8, 4) is 22.8 Å². The van der Waals surface area contributed by atoms with Crippen LogP contribution in [0.4, 0.5) is 8.78 Å². The second-order valence-corrected chi connectivity index (χ2v) is 15.6. The molecule has 39 heavy (non-hydrogen) atoms. The maximum Gasteiger partial charge on any atom is 0.355 e. The van der Waals surface area contributed by atoms with Crippen LogP contribution in [-0.2, 0) is 11.3 Å². The second kappa shape index (κ2) is 10.8. The highest BCUT2D eigenvalue weighted by molar-refractivity contribution is 6.74. The molecule has 206 valence electrons. The fourth-order valence-electron chi connectivity index (χ4n) is 4.26. The molecule has 0 spiro atoms. The topological polar surface area (TPSA) is 62.6 Å². The molecule has 0 atom stereocenters. The molecule has 4 aromatic rings. The van der Waals surface area contributed by atoms with Gasteiger partial charge in [0.15, 0.2) is 0 Å². The zero-order chi connectivity index (χ0) is 28.5. The number of pyridine rings is 1. The van der Waals surface area contributed by atoms with Gasteiger partial charge in [0, 0.05) is 39.9 Å². The lowest BCUT2D eigenvalue weighted by Crippen LogP contribution is -2.43. The van der Waals surface area contributed by atoms with E-state index in [0.29, 0.717) is 33.7 Å². The highest BCUT2D eigenvalue weighted by Crippen LogP contribution is 2.43. The van der Waals surface area contributed by atoms with E-state index >= 15 is 0 Å². The smallest absolute Gasteiger partial charge is 0.355 e. The summed E-state index contributed by atoms with van der Waals surface area (Å²) in [4.78, 5) is 17.9. The Labute approximate surface area is 228 Å². The van der Waals surface area contributed by atoms with Gasteiger partial charge in [-0.25, -0.2) is 18.6 Å². The maximum atomic E-state index is 14.8. The average Bonchev–Trinajstić information content (AvgIpc) is 3.18. The molecule has 0 saturated heterocycles. The molecular formula is C30H34F2N2O4Si. The van der Waals surface area contributed by atoms with E-state index in [9.17, 15) is 13.6 Å². The molecule has 0 saturated carbocycles. The number of nitrogens with zero attached hydrogens (tertiary/aromatic N) is 2. The molecule has 2 aromatic heterocycles. The zero-order valence-electron chi connectivity index (χ0n) is 23.4. The van der Waals surface area contributed by atoms with Gasteiger partial charge in [0.25, 0.3) is 0 Å². The third kappa shape index (κ3) is 5.54. The Kier molecular flexibility index (Phi) is 7.84. The van der Waals surface area contributed by atoms with Crippen LogP contribution >= 0.6 is 0 Å². The van der Waals surface area contributed by atoms with E-state index in [-0.39, 0.29) is 29.4 Å². The van der Waals surface area contributed by atoms with E-state index in [1.807, 2.05) is 24.3 Å². The van der Waals surface area contributed by atoms with Crippen molar-refractivity contribution in [3.05, 3.63) is 77.6 Å². The second-order valence-electron chi connectivity index (χ2n) is 10.9. The Hall–Kier alpha value is -3.72. The number of hydrogen-bond acceptors (Lipinski definition) is 5. The Morgan fingerprint density at radius 3 is 2.46 bits per heavy atom. The highest BCUT2D eigenvalue weighted by atomic mass is 28.4. The van der Waals surface area contributed by atoms with Crippen LogP contribution in [0.3, 0.4) is 0 Å². The fourth-order valence-corrected chi connectivity index (χ4v) is 5.28. The predicted octanol–water partition coefficient (Wildman–Crippen LogP) is 7.60. The number of carbonyl (C=O) groups is 1. The third-order valence-electron chi connectivity index (χ3n) is 7.26. The van der Waals surface area contributed by atoms with Crippen molar-refractivity contribution in [2.24, 2.45) is 0 Å². The molecule has 0 aliphatic heterocycles. The zero-order valence-corrected chi connectivity index (χ0v) is 24.4. The van der Waals surface area contributed by atoms with Gasteiger partial charge in [0.2, 0.25) is 14.2 Å². The molecule has 0 unspecified atom stereocenters. The maximum absolute atomic E-state index is 14.8. The molecule has 9 heteroatoms. The van der Waals surface area contributed by atoms with E-state index in [4.69, 9.17) is 13.9 Å². The van der Waals surface area contributed by atoms with Crippen molar-refractivity contribution in [1.29, 1.82) is 0 Å². The lowest BCUT2D eigenvalue weighted by Gasteiger charge is -2.36. The number of hydrogen-bond donors (Lipinski definition) is 0. The minimum Gasteiger partial charge on any atom is -0.543 e. The monoisotopic (exact) mass is 552 g/mol. The summed E-state index contributed by atoms with van der Waals surface area (Å²) in [6, 6.07) is 12.6. The summed E-state index contributed by atoms with van der Waals surface area (Å²) in [5.41, 5.74) is 2.22. The number of carbonyl (C=O) groups excluding carboxylic acids is 1. The van der Waals surface area contributed by atoms with Crippen molar-refractivity contribution in [2.45, 2.75) is 52.4 Å². The lowest BCUT2D eigenvalue weighted by molar-refractivity contribution is 0.0516. The van der Waals surface area contributed by atoms with Crippen molar-refractivity contribution in [3.63, 3.8) is 0 Å². The van der Waals surface area contributed by atoms with Crippen LogP contribution < -0.4 is 9.16 Å². The third-order valence-corrected chi connectivity index (χ3v) is 11.6. The van der Waals surface area contributed by atoms with Crippen LogP contribution in [0, 0.1) is 11.6 Å². The summed E-state index contributed by atoms with van der Waals surface area (Å²) in [7, 11) is -0.674. The van der Waals surface area contributed by atoms with E-state index in [2.05, 4.69) is 38.8 Å². The molecule has 0 amide bonds. The quantitative estimate of drug-likeness (QED) is 0.166. The van der Waals surface area contributed by atoms with Crippen molar-refractivity contribution in [1.82, 2.24) is 9.55 Å². The molecule has 2 heterocycles. The normalized spacial score (nSPS) is 12.0. The van der Waals surface area contributed by atoms with Crippen LogP contribution in [0.1, 0.15) is 43.7 Å². The number of fused-ring (bicyclic) bond motifs is 1. The number of halogens is 2. The van der Waals surface area contributed by atoms with E-state index in [1.54, 1.807) is 23.8 Å². The highest BCUT2D eigenvalue weighted by Gasteiger charge is 2.39. The lowest BCUT2D eigenvalue weighted by atomic mass is 10.0. The molecule has 0 aliphatic carbocycles. The van der Waals surface area contributed by atoms with Gasteiger partial charge in [-0.2, -0.15) is 0 Å². The van der Waals surface area contributed by atoms with Gasteiger partial charge >= 0.3 is 5.97 Å². The Morgan fingerprint density at radius 1 is 1.08 bits per heavy atom. The molecule has 2 aromatic carbocycles. The van der Waals surface area contributed by atoms with E-state index in [0.717, 1.165) is 6.07 Å². The molecule has 0 N–H and O–H groups in total. The summed E-state index contributed by atoms with van der Waals surface area (Å²) in [6.45, 7) is 12.7. The van der Waals surface area contributed by atoms with Crippen molar-refractivity contribution < 1.29 is 27.5 Å². The number of esters is 1. The van der Waals surface area contributed by atoms with Gasteiger partial charge in [0.1, 0.15) is 23.1 Å². The van der Waals surface area contributed by atoms with E-state index < -0.39 is 25.9 Å². The molecule has 0 bridgehead atoms. The Morgan fingerprint density at radius 2 is 1.82 bits per heavy atom. The number of rotatable bonds is 8. The predicted molar refractivity (Wildman–Crippen MR) is 151 cm³/mol. The molecule has 0 radical (unpaired) electrons. The largest absolute Gasteiger partial charge is 0.543 e. The summed E-state index contributed by atoms with van der Waals surface area (Å²) in [5.74, 6) is -0.967. The number of aromatic nitrogens is 2. The molecule has 6 nitrogen and oxygen atoms in total. The fraction of sp³-hybridized carbons (Fsp3) is 0.333. The minimum absolute atomic E-state index is 0.0260. The number of benzene rings is 2. The average molecular weight is 553 g/mol. The first-order valence-corrected chi connectivity index (χ1v) is 15.7. The first-order valence-electron chi connectivity index (χ1n) is 12.8. The molecule has 4 rings (SSSR count). The molecular weight excluding hydrogens is 518 g/mol. The van der Waals surface area contributed by atoms with Gasteiger partial charge in [-0.15, -0.1) is 0 Å². The van der Waals surface area contributed by atoms with Crippen LogP contribution in [0.25, 0.3) is 22.0 Å². The summed E-state index contributed by atoms with van der Waals surface area (Å²) < 4.78 is 47.8. The molecule has 0 fully saturated rings. The Balaban J connectivity index is 2.05. The van der Waals surface area contributed by atoms with Crippen molar-refractivity contribution in [2.75, 3.05) is 13.7 Å². The van der Waals surface area contributed by atoms with Crippen LogP contribution in [0.15, 0.2) is 54.7 Å². The number of methoxy groups -OCH3 is 1. The van der Waals surface area contributed by atoms with Gasteiger partial charge < -0.3 is 18.5 Å². The molecule has 0 aliphatic rings. The van der Waals surface area contributed by atoms with Gasteiger partial charge in [-0.1, -0.05) is 26.8 Å². The first-order chi connectivity index (χ1) is 18.4. The summed E-state index contributed by atoms with van der Waals surface area (Å²) in [6.07, 6.45) is 1.60. The van der Waals surface area contributed by atoms with Gasteiger partial charge in [-0.3, -0.25) is 0 Å². The van der Waals surface area contributed by atoms with Gasteiger partial charge in [-0.05, 0) is 61.5 Å². The van der Waals surface area contributed by atoms with Gasteiger partial charge in [0.05, 0.1) is 20.3 Å². The Bertz CT molecular complexity index is 1530. The summed E-state index contributed by atoms with van der Waals surface area (Å²) in [5, 5.41) is 0.669. The van der Waals surface area contributed by atoms with Crippen LogP contribution in [0.5, 0.6) is 11.6 Å².